The van der Waals surface area contributed by atoms with Crippen LogP contribution in [0.25, 0.3) is 0 Å². The maximum absolute atomic E-state index is 13.2. The summed E-state index contributed by atoms with van der Waals surface area (Å²) in [7, 11) is -2.09. The molecule has 1 fully saturated rings. The number of hydrogen-bond acceptors (Lipinski definition) is 6. The molecule has 0 saturated carbocycles. The second-order valence-electron chi connectivity index (χ2n) is 8.11. The predicted octanol–water partition coefficient (Wildman–Crippen LogP) is 0.915. The number of aromatic nitrogens is 2. The molecule has 1 aliphatic heterocycles. The Bertz CT molecular complexity index is 1150. The number of carbonyl (C=O) groups excluding carboxylic acids is 1. The van der Waals surface area contributed by atoms with Gasteiger partial charge in [-0.1, -0.05) is 6.07 Å². The predicted molar refractivity (Wildman–Crippen MR) is 118 cm³/mol. The lowest BCUT2D eigenvalue weighted by Crippen LogP contribution is -2.50. The van der Waals surface area contributed by atoms with Crippen LogP contribution in [0.3, 0.4) is 0 Å². The van der Waals surface area contributed by atoms with E-state index < -0.39 is 10.0 Å². The van der Waals surface area contributed by atoms with Crippen molar-refractivity contribution in [3.05, 3.63) is 57.5 Å². The van der Waals surface area contributed by atoms with Crippen LogP contribution in [0.5, 0.6) is 0 Å². The molecule has 1 aliphatic carbocycles. The molecule has 0 N–H and O–H groups in total. The van der Waals surface area contributed by atoms with Crippen LogP contribution >= 0.6 is 0 Å². The molecule has 0 unspecified atom stereocenters. The molecule has 0 spiro atoms. The number of sulfonamides is 1. The number of amides is 1. The Labute approximate surface area is 187 Å². The topological polar surface area (TPSA) is 102 Å². The third-order valence-corrected chi connectivity index (χ3v) is 7.97. The number of piperazine rings is 1. The number of rotatable bonds is 6. The summed E-state index contributed by atoms with van der Waals surface area (Å²) in [5.41, 5.74) is 2.22. The van der Waals surface area contributed by atoms with E-state index in [9.17, 15) is 18.0 Å². The smallest absolute Gasteiger partial charge is 0.274 e. The van der Waals surface area contributed by atoms with Gasteiger partial charge in [0.25, 0.3) is 11.5 Å². The minimum atomic E-state index is -3.61. The van der Waals surface area contributed by atoms with E-state index in [1.54, 1.807) is 11.0 Å². The van der Waals surface area contributed by atoms with E-state index in [0.717, 1.165) is 31.2 Å². The van der Waals surface area contributed by atoms with Gasteiger partial charge in [-0.3, -0.25) is 9.59 Å². The van der Waals surface area contributed by atoms with Gasteiger partial charge in [0, 0.05) is 39.4 Å². The first-order valence-corrected chi connectivity index (χ1v) is 12.3. The van der Waals surface area contributed by atoms with Gasteiger partial charge in [-0.2, -0.15) is 9.40 Å². The summed E-state index contributed by atoms with van der Waals surface area (Å²) < 4.78 is 33.9. The molecule has 2 aliphatic rings. The van der Waals surface area contributed by atoms with E-state index in [1.807, 2.05) is 12.1 Å². The molecular formula is C22H28N4O5S. The molecule has 0 radical (unpaired) electrons. The number of fused-ring (bicyclic) bond motifs is 1. The number of ether oxygens (including phenoxy) is 1. The van der Waals surface area contributed by atoms with Gasteiger partial charge in [0.15, 0.2) is 0 Å². The summed E-state index contributed by atoms with van der Waals surface area (Å²) in [4.78, 5) is 26.7. The van der Waals surface area contributed by atoms with Crippen LogP contribution in [0.4, 0.5) is 0 Å². The highest BCUT2D eigenvalue weighted by atomic mass is 32.2. The average molecular weight is 461 g/mol. The first-order chi connectivity index (χ1) is 15.4. The van der Waals surface area contributed by atoms with Gasteiger partial charge in [-0.15, -0.1) is 0 Å². The van der Waals surface area contributed by atoms with E-state index in [4.69, 9.17) is 4.74 Å². The molecule has 1 saturated heterocycles. The lowest BCUT2D eigenvalue weighted by atomic mass is 9.92. The van der Waals surface area contributed by atoms with Crippen LogP contribution in [0.1, 0.15) is 34.5 Å². The van der Waals surface area contributed by atoms with Crippen molar-refractivity contribution in [2.24, 2.45) is 0 Å². The van der Waals surface area contributed by atoms with E-state index in [0.29, 0.717) is 11.5 Å². The van der Waals surface area contributed by atoms with Crippen molar-refractivity contribution < 1.29 is 17.9 Å². The Morgan fingerprint density at radius 1 is 1.03 bits per heavy atom. The van der Waals surface area contributed by atoms with E-state index in [2.05, 4.69) is 5.10 Å². The minimum Gasteiger partial charge on any atom is -0.383 e. The van der Waals surface area contributed by atoms with Crippen LogP contribution in [-0.4, -0.2) is 73.2 Å². The number of hydrogen-bond donors (Lipinski definition) is 0. The molecule has 2 heterocycles. The van der Waals surface area contributed by atoms with Gasteiger partial charge in [-0.05, 0) is 55.0 Å². The minimum absolute atomic E-state index is 0.159. The average Bonchev–Trinajstić information content (AvgIpc) is 2.83. The number of methoxy groups -OCH3 is 1. The Balaban J connectivity index is 1.43. The monoisotopic (exact) mass is 460 g/mol. The molecule has 1 aromatic carbocycles. The molecule has 4 rings (SSSR count). The van der Waals surface area contributed by atoms with Gasteiger partial charge >= 0.3 is 0 Å². The molecule has 0 atom stereocenters. The molecule has 1 aromatic heterocycles. The molecular weight excluding hydrogens is 432 g/mol. The van der Waals surface area contributed by atoms with Crippen molar-refractivity contribution in [2.75, 3.05) is 39.9 Å². The molecule has 32 heavy (non-hydrogen) atoms. The Morgan fingerprint density at radius 2 is 1.75 bits per heavy atom. The van der Waals surface area contributed by atoms with Crippen molar-refractivity contribution in [1.29, 1.82) is 0 Å². The number of carbonyl (C=O) groups is 1. The molecule has 172 valence electrons. The molecule has 2 aromatic rings. The van der Waals surface area contributed by atoms with Gasteiger partial charge in [0.05, 0.1) is 18.0 Å². The summed E-state index contributed by atoms with van der Waals surface area (Å²) in [6, 6.07) is 8.17. The maximum Gasteiger partial charge on any atom is 0.274 e. The lowest BCUT2D eigenvalue weighted by molar-refractivity contribution is 0.0688. The van der Waals surface area contributed by atoms with E-state index in [1.165, 1.54) is 33.8 Å². The highest BCUT2D eigenvalue weighted by Gasteiger charge is 2.31. The molecule has 1 amide bonds. The van der Waals surface area contributed by atoms with Crippen LogP contribution in [0.2, 0.25) is 0 Å². The summed E-state index contributed by atoms with van der Waals surface area (Å²) >= 11 is 0. The quantitative estimate of drug-likeness (QED) is 0.635. The van der Waals surface area contributed by atoms with Crippen molar-refractivity contribution in [3.8, 4) is 0 Å². The summed E-state index contributed by atoms with van der Waals surface area (Å²) in [5.74, 6) is -0.318. The van der Waals surface area contributed by atoms with Crippen molar-refractivity contribution >= 4 is 15.9 Å². The van der Waals surface area contributed by atoms with Crippen molar-refractivity contribution in [3.63, 3.8) is 0 Å². The van der Waals surface area contributed by atoms with Crippen molar-refractivity contribution in [2.45, 2.75) is 37.1 Å². The van der Waals surface area contributed by atoms with Crippen LogP contribution in [0, 0.1) is 0 Å². The van der Waals surface area contributed by atoms with Gasteiger partial charge in [-0.25, -0.2) is 13.1 Å². The number of benzene rings is 1. The zero-order chi connectivity index (χ0) is 22.7. The third kappa shape index (κ3) is 4.62. The number of aryl methyl sites for hydroxylation is 2. The fraction of sp³-hybridized carbons (Fsp3) is 0.500. The van der Waals surface area contributed by atoms with Crippen LogP contribution in [-0.2, 0) is 34.1 Å². The summed E-state index contributed by atoms with van der Waals surface area (Å²) in [6.45, 7) is 1.53. The third-order valence-electron chi connectivity index (χ3n) is 6.08. The van der Waals surface area contributed by atoms with Gasteiger partial charge in [0.2, 0.25) is 10.0 Å². The fourth-order valence-electron chi connectivity index (χ4n) is 4.21. The normalized spacial score (nSPS) is 17.2. The Morgan fingerprint density at radius 3 is 2.47 bits per heavy atom. The van der Waals surface area contributed by atoms with Crippen LogP contribution in [0.15, 0.2) is 40.0 Å². The van der Waals surface area contributed by atoms with Crippen LogP contribution < -0.4 is 5.56 Å². The zero-order valence-electron chi connectivity index (χ0n) is 18.2. The van der Waals surface area contributed by atoms with E-state index in [-0.39, 0.29) is 49.9 Å². The molecule has 10 heteroatoms. The SMILES string of the molecule is COCCn1nc(C(=O)N2CCN(S(=O)(=O)c3ccc4c(c3)CCCC4)CC2)ccc1=O. The molecule has 9 nitrogen and oxygen atoms in total. The first kappa shape index (κ1) is 22.6. The number of nitrogens with zero attached hydrogens (tertiary/aromatic N) is 4. The second-order valence-corrected chi connectivity index (χ2v) is 10.0. The zero-order valence-corrected chi connectivity index (χ0v) is 19.0. The lowest BCUT2D eigenvalue weighted by Gasteiger charge is -2.34. The first-order valence-electron chi connectivity index (χ1n) is 10.9. The fourth-order valence-corrected chi connectivity index (χ4v) is 5.69. The second kappa shape index (κ2) is 9.51. The summed E-state index contributed by atoms with van der Waals surface area (Å²) in [5, 5.41) is 4.14. The Kier molecular flexibility index (Phi) is 6.73. The maximum atomic E-state index is 13.2. The molecule has 0 bridgehead atoms. The van der Waals surface area contributed by atoms with E-state index >= 15 is 0 Å². The standard InChI is InChI=1S/C22H28N4O5S/c1-31-15-14-26-21(27)9-8-20(23-26)22(28)24-10-12-25(13-11-24)32(29,30)19-7-6-17-4-2-3-5-18(17)16-19/h6-9,16H,2-5,10-15H2,1H3. The van der Waals surface area contributed by atoms with Gasteiger partial charge < -0.3 is 9.64 Å². The highest BCUT2D eigenvalue weighted by molar-refractivity contribution is 7.89. The van der Waals surface area contributed by atoms with Gasteiger partial charge in [0.1, 0.15) is 5.69 Å². The largest absolute Gasteiger partial charge is 0.383 e. The Hall–Kier alpha value is -2.56. The van der Waals surface area contributed by atoms with Crippen molar-refractivity contribution in [1.82, 2.24) is 19.0 Å². The summed E-state index contributed by atoms with van der Waals surface area (Å²) in [6.07, 6.45) is 4.15. The highest BCUT2D eigenvalue weighted by Crippen LogP contribution is 2.26.